The number of sulfonamides is 1. The number of nitrogens with zero attached hydrogens (tertiary/aromatic N) is 2. The van der Waals surface area contributed by atoms with E-state index in [4.69, 9.17) is 27.9 Å². The van der Waals surface area contributed by atoms with Gasteiger partial charge in [-0.1, -0.05) is 54.6 Å². The Hall–Kier alpha value is -3.27. The molecule has 0 saturated heterocycles. The number of carbonyl (C=O) groups is 2. The van der Waals surface area contributed by atoms with Crippen molar-refractivity contribution in [3.63, 3.8) is 0 Å². The maximum atomic E-state index is 14.1. The van der Waals surface area contributed by atoms with Crippen LogP contribution in [-0.2, 0) is 26.2 Å². The lowest BCUT2D eigenvalue weighted by Crippen LogP contribution is -2.53. The lowest BCUT2D eigenvalue weighted by atomic mass is 9.95. The van der Waals surface area contributed by atoms with Gasteiger partial charge in [-0.15, -0.1) is 0 Å². The van der Waals surface area contributed by atoms with Gasteiger partial charge in [-0.25, -0.2) is 8.42 Å². The molecule has 0 aromatic heterocycles. The molecule has 1 atom stereocenters. The highest BCUT2D eigenvalue weighted by molar-refractivity contribution is 7.92. The standard InChI is InChI=1S/C32H37Cl2N3O5S/c1-3-42-29-17-15-28(16-18-29)37(43(40,41)30-19-13-26(34)14-20-30)22-31(38)36(21-24-9-11-25(33)12-10-24)23(2)32(39)35-27-7-5-4-6-8-27/h9-20,23,27H,3-8,21-22H2,1-2H3,(H,35,39)/t23-/m0/s1. The number of benzene rings is 3. The van der Waals surface area contributed by atoms with Gasteiger partial charge in [-0.3, -0.25) is 13.9 Å². The molecular formula is C32H37Cl2N3O5S. The van der Waals surface area contributed by atoms with E-state index in [2.05, 4.69) is 5.32 Å². The summed E-state index contributed by atoms with van der Waals surface area (Å²) in [5.41, 5.74) is 1.03. The van der Waals surface area contributed by atoms with Gasteiger partial charge in [-0.05, 0) is 92.9 Å². The van der Waals surface area contributed by atoms with Crippen molar-refractivity contribution in [3.8, 4) is 5.75 Å². The number of rotatable bonds is 12. The molecule has 1 saturated carbocycles. The van der Waals surface area contributed by atoms with Gasteiger partial charge in [0.05, 0.1) is 17.2 Å². The molecule has 2 amide bonds. The van der Waals surface area contributed by atoms with E-state index >= 15 is 0 Å². The predicted molar refractivity (Wildman–Crippen MR) is 170 cm³/mol. The number of amides is 2. The molecule has 3 aromatic rings. The van der Waals surface area contributed by atoms with Crippen LogP contribution in [0.15, 0.2) is 77.7 Å². The number of nitrogens with one attached hydrogen (secondary N) is 1. The topological polar surface area (TPSA) is 96.0 Å². The van der Waals surface area contributed by atoms with Crippen molar-refractivity contribution < 1.29 is 22.7 Å². The van der Waals surface area contributed by atoms with E-state index in [0.717, 1.165) is 42.0 Å². The number of anilines is 1. The fraction of sp³-hybridized carbons (Fsp3) is 0.375. The fourth-order valence-corrected chi connectivity index (χ4v) is 6.74. The van der Waals surface area contributed by atoms with Gasteiger partial charge in [0.2, 0.25) is 11.8 Å². The van der Waals surface area contributed by atoms with Crippen molar-refractivity contribution in [2.75, 3.05) is 17.5 Å². The van der Waals surface area contributed by atoms with E-state index in [0.29, 0.717) is 22.4 Å². The van der Waals surface area contributed by atoms with Crippen molar-refractivity contribution in [3.05, 3.63) is 88.4 Å². The first-order valence-corrected chi connectivity index (χ1v) is 16.6. The van der Waals surface area contributed by atoms with Gasteiger partial charge < -0.3 is 15.0 Å². The first-order chi connectivity index (χ1) is 20.6. The molecule has 0 aliphatic heterocycles. The molecule has 0 radical (unpaired) electrons. The van der Waals surface area contributed by atoms with Crippen molar-refractivity contribution in [2.24, 2.45) is 0 Å². The smallest absolute Gasteiger partial charge is 0.264 e. The van der Waals surface area contributed by atoms with E-state index in [1.54, 1.807) is 55.5 Å². The molecule has 0 unspecified atom stereocenters. The maximum absolute atomic E-state index is 14.1. The zero-order valence-electron chi connectivity index (χ0n) is 24.3. The van der Waals surface area contributed by atoms with E-state index in [-0.39, 0.29) is 29.1 Å². The molecule has 0 heterocycles. The maximum Gasteiger partial charge on any atom is 0.264 e. The Labute approximate surface area is 264 Å². The number of hydrogen-bond acceptors (Lipinski definition) is 5. The second kappa shape index (κ2) is 14.9. The van der Waals surface area contributed by atoms with Crippen LogP contribution >= 0.6 is 23.2 Å². The highest BCUT2D eigenvalue weighted by Crippen LogP contribution is 2.28. The molecule has 1 aliphatic rings. The summed E-state index contributed by atoms with van der Waals surface area (Å²) in [5.74, 6) is -0.242. The summed E-state index contributed by atoms with van der Waals surface area (Å²) >= 11 is 12.1. The van der Waals surface area contributed by atoms with Gasteiger partial charge in [0, 0.05) is 22.6 Å². The van der Waals surface area contributed by atoms with E-state index in [1.165, 1.54) is 29.2 Å². The summed E-state index contributed by atoms with van der Waals surface area (Å²) in [6, 6.07) is 18.4. The predicted octanol–water partition coefficient (Wildman–Crippen LogP) is 6.45. The van der Waals surface area contributed by atoms with Gasteiger partial charge in [0.15, 0.2) is 0 Å². The third-order valence-corrected chi connectivity index (χ3v) is 9.79. The fourth-order valence-electron chi connectivity index (χ4n) is 5.08. The van der Waals surface area contributed by atoms with Crippen LogP contribution < -0.4 is 14.4 Å². The number of hydrogen-bond donors (Lipinski definition) is 1. The van der Waals surface area contributed by atoms with Gasteiger partial charge in [0.25, 0.3) is 10.0 Å². The first kappa shape index (κ1) is 32.6. The minimum absolute atomic E-state index is 0.0223. The average molecular weight is 647 g/mol. The number of halogens is 2. The van der Waals surface area contributed by atoms with Gasteiger partial charge in [-0.2, -0.15) is 0 Å². The number of ether oxygens (including phenoxy) is 1. The average Bonchev–Trinajstić information content (AvgIpc) is 3.00. The second-order valence-electron chi connectivity index (χ2n) is 10.6. The van der Waals surface area contributed by atoms with Crippen molar-refractivity contribution in [1.29, 1.82) is 0 Å². The summed E-state index contributed by atoms with van der Waals surface area (Å²) in [7, 11) is -4.20. The van der Waals surface area contributed by atoms with Gasteiger partial charge in [0.1, 0.15) is 18.3 Å². The van der Waals surface area contributed by atoms with Crippen molar-refractivity contribution in [2.45, 2.75) is 69.5 Å². The lowest BCUT2D eigenvalue weighted by Gasteiger charge is -2.33. The van der Waals surface area contributed by atoms with E-state index in [1.807, 2.05) is 6.92 Å². The number of carbonyl (C=O) groups excluding carboxylic acids is 2. The van der Waals surface area contributed by atoms with Crippen LogP contribution in [0, 0.1) is 0 Å². The Kier molecular flexibility index (Phi) is 11.3. The minimum Gasteiger partial charge on any atom is -0.494 e. The highest BCUT2D eigenvalue weighted by Gasteiger charge is 2.33. The summed E-state index contributed by atoms with van der Waals surface area (Å²) in [5, 5.41) is 4.03. The molecule has 0 spiro atoms. The van der Waals surface area contributed by atoms with Crippen molar-refractivity contribution >= 4 is 50.7 Å². The molecule has 4 rings (SSSR count). The third kappa shape index (κ3) is 8.65. The molecule has 8 nitrogen and oxygen atoms in total. The minimum atomic E-state index is -4.20. The molecule has 1 aliphatic carbocycles. The molecular weight excluding hydrogens is 609 g/mol. The van der Waals surface area contributed by atoms with E-state index in [9.17, 15) is 18.0 Å². The largest absolute Gasteiger partial charge is 0.494 e. The Morgan fingerprint density at radius 1 is 0.907 bits per heavy atom. The van der Waals surface area contributed by atoms with E-state index < -0.39 is 28.5 Å². The quantitative estimate of drug-likeness (QED) is 0.244. The third-order valence-electron chi connectivity index (χ3n) is 7.50. The Bertz CT molecular complexity index is 1480. The molecule has 3 aromatic carbocycles. The SMILES string of the molecule is CCOc1ccc(N(CC(=O)N(Cc2ccc(Cl)cc2)[C@@H](C)C(=O)NC2CCCCC2)S(=O)(=O)c2ccc(Cl)cc2)cc1. The second-order valence-corrected chi connectivity index (χ2v) is 13.3. The zero-order valence-corrected chi connectivity index (χ0v) is 26.7. The van der Waals surface area contributed by atoms with Gasteiger partial charge >= 0.3 is 0 Å². The first-order valence-electron chi connectivity index (χ1n) is 14.4. The van der Waals surface area contributed by atoms with Crippen LogP contribution in [0.25, 0.3) is 0 Å². The molecule has 11 heteroatoms. The monoisotopic (exact) mass is 645 g/mol. The van der Waals surface area contributed by atoms with Crippen LogP contribution in [-0.4, -0.2) is 50.4 Å². The molecule has 43 heavy (non-hydrogen) atoms. The molecule has 1 N–H and O–H groups in total. The summed E-state index contributed by atoms with van der Waals surface area (Å²) < 4.78 is 34.5. The molecule has 0 bridgehead atoms. The van der Waals surface area contributed by atoms with Crippen LogP contribution in [0.3, 0.4) is 0 Å². The molecule has 1 fully saturated rings. The molecule has 230 valence electrons. The van der Waals surface area contributed by atoms with Crippen LogP contribution in [0.2, 0.25) is 10.0 Å². The summed E-state index contributed by atoms with van der Waals surface area (Å²) in [4.78, 5) is 28.9. The zero-order chi connectivity index (χ0) is 31.0. The summed E-state index contributed by atoms with van der Waals surface area (Å²) in [6.45, 7) is 3.53. The normalized spacial score (nSPS) is 14.5. The summed E-state index contributed by atoms with van der Waals surface area (Å²) in [6.07, 6.45) is 5.04. The van der Waals surface area contributed by atoms with Crippen molar-refractivity contribution in [1.82, 2.24) is 10.2 Å². The highest BCUT2D eigenvalue weighted by atomic mass is 35.5. The Morgan fingerprint density at radius 3 is 2.07 bits per heavy atom. The Balaban J connectivity index is 1.67. The van der Waals surface area contributed by atoms with Crippen LogP contribution in [0.5, 0.6) is 5.75 Å². The lowest BCUT2D eigenvalue weighted by molar-refractivity contribution is -0.139. The Morgan fingerprint density at radius 2 is 1.49 bits per heavy atom. The van der Waals surface area contributed by atoms with Crippen LogP contribution in [0.4, 0.5) is 5.69 Å². The van der Waals surface area contributed by atoms with Crippen LogP contribution in [0.1, 0.15) is 51.5 Å².